The van der Waals surface area contributed by atoms with Crippen LogP contribution in [0, 0.1) is 0 Å². The second-order valence-corrected chi connectivity index (χ2v) is 5.65. The largest absolute Gasteiger partial charge is 0.325 e. The molecular formula is C14H17BrN2O2. The fourth-order valence-electron chi connectivity index (χ4n) is 2.32. The molecular weight excluding hydrogens is 308 g/mol. The van der Waals surface area contributed by atoms with Crippen LogP contribution in [0.25, 0.3) is 0 Å². The molecule has 0 unspecified atom stereocenters. The smallest absolute Gasteiger partial charge is 0.323 e. The molecule has 102 valence electrons. The van der Waals surface area contributed by atoms with Crippen LogP contribution in [0.5, 0.6) is 0 Å². The van der Waals surface area contributed by atoms with Gasteiger partial charge in [0.05, 0.1) is 6.54 Å². The molecule has 1 aliphatic rings. The summed E-state index contributed by atoms with van der Waals surface area (Å²) in [5, 5.41) is 2.83. The Kier molecular flexibility index (Phi) is 3.94. The van der Waals surface area contributed by atoms with Crippen molar-refractivity contribution in [2.24, 2.45) is 0 Å². The van der Waals surface area contributed by atoms with Gasteiger partial charge >= 0.3 is 6.03 Å². The summed E-state index contributed by atoms with van der Waals surface area (Å²) in [5.74, 6) is -0.120. The summed E-state index contributed by atoms with van der Waals surface area (Å²) in [6.07, 6.45) is 1.23. The lowest BCUT2D eigenvalue weighted by Gasteiger charge is -2.23. The number of hydrogen-bond acceptors (Lipinski definition) is 2. The van der Waals surface area contributed by atoms with Crippen LogP contribution >= 0.6 is 15.9 Å². The molecule has 0 atom stereocenters. The lowest BCUT2D eigenvalue weighted by atomic mass is 9.93. The van der Waals surface area contributed by atoms with E-state index in [1.807, 2.05) is 38.1 Å². The SMILES string of the molecule is CCC1(CC)NC(=O)N(Cc2ccc(Br)cc2)C1=O. The number of urea groups is 1. The van der Waals surface area contributed by atoms with Crippen LogP contribution < -0.4 is 5.32 Å². The van der Waals surface area contributed by atoms with Crippen molar-refractivity contribution in [3.8, 4) is 0 Å². The third-order valence-corrected chi connectivity index (χ3v) is 4.24. The van der Waals surface area contributed by atoms with E-state index < -0.39 is 5.54 Å². The molecule has 5 heteroatoms. The van der Waals surface area contributed by atoms with E-state index >= 15 is 0 Å². The molecule has 0 saturated carbocycles. The van der Waals surface area contributed by atoms with Gasteiger partial charge in [-0.15, -0.1) is 0 Å². The van der Waals surface area contributed by atoms with Gasteiger partial charge in [0, 0.05) is 4.47 Å². The van der Waals surface area contributed by atoms with Gasteiger partial charge in [-0.3, -0.25) is 9.69 Å². The highest BCUT2D eigenvalue weighted by Gasteiger charge is 2.48. The first-order valence-corrected chi connectivity index (χ1v) is 7.20. The average Bonchev–Trinajstić information content (AvgIpc) is 2.66. The van der Waals surface area contributed by atoms with Crippen molar-refractivity contribution in [2.75, 3.05) is 0 Å². The Balaban J connectivity index is 2.19. The number of halogens is 1. The zero-order valence-electron chi connectivity index (χ0n) is 11.1. The molecule has 0 aliphatic carbocycles. The lowest BCUT2D eigenvalue weighted by Crippen LogP contribution is -2.45. The van der Waals surface area contributed by atoms with Crippen LogP contribution in [0.15, 0.2) is 28.7 Å². The van der Waals surface area contributed by atoms with E-state index in [1.165, 1.54) is 4.90 Å². The second kappa shape index (κ2) is 5.33. The zero-order valence-corrected chi connectivity index (χ0v) is 12.7. The first-order valence-electron chi connectivity index (χ1n) is 6.41. The van der Waals surface area contributed by atoms with Gasteiger partial charge in [0.25, 0.3) is 5.91 Å². The van der Waals surface area contributed by atoms with E-state index in [0.717, 1.165) is 10.0 Å². The maximum atomic E-state index is 12.4. The molecule has 0 bridgehead atoms. The van der Waals surface area contributed by atoms with Crippen molar-refractivity contribution in [1.82, 2.24) is 10.2 Å². The molecule has 1 aromatic rings. The topological polar surface area (TPSA) is 49.4 Å². The Morgan fingerprint density at radius 2 is 1.74 bits per heavy atom. The van der Waals surface area contributed by atoms with Gasteiger partial charge in [-0.05, 0) is 30.5 Å². The van der Waals surface area contributed by atoms with E-state index in [0.29, 0.717) is 19.4 Å². The van der Waals surface area contributed by atoms with E-state index in [2.05, 4.69) is 21.2 Å². The third-order valence-electron chi connectivity index (χ3n) is 3.71. The van der Waals surface area contributed by atoms with Crippen molar-refractivity contribution in [2.45, 2.75) is 38.8 Å². The molecule has 4 nitrogen and oxygen atoms in total. The lowest BCUT2D eigenvalue weighted by molar-refractivity contribution is -0.132. The molecule has 1 heterocycles. The number of imide groups is 1. The number of benzene rings is 1. The quantitative estimate of drug-likeness (QED) is 0.865. The van der Waals surface area contributed by atoms with Gasteiger partial charge in [-0.25, -0.2) is 4.79 Å². The van der Waals surface area contributed by atoms with E-state index in [1.54, 1.807) is 0 Å². The Hall–Kier alpha value is -1.36. The van der Waals surface area contributed by atoms with Gasteiger partial charge in [0.1, 0.15) is 5.54 Å². The number of rotatable bonds is 4. The summed E-state index contributed by atoms with van der Waals surface area (Å²) in [4.78, 5) is 25.7. The summed E-state index contributed by atoms with van der Waals surface area (Å²) in [6.45, 7) is 4.16. The Morgan fingerprint density at radius 1 is 1.16 bits per heavy atom. The summed E-state index contributed by atoms with van der Waals surface area (Å²) in [5.41, 5.74) is 0.224. The monoisotopic (exact) mass is 324 g/mol. The standard InChI is InChI=1S/C14H17BrN2O2/c1-3-14(4-2)12(18)17(13(19)16-14)9-10-5-7-11(15)8-6-10/h5-8H,3-4,9H2,1-2H3,(H,16,19). The van der Waals surface area contributed by atoms with Crippen LogP contribution in [0.4, 0.5) is 4.79 Å². The summed E-state index contributed by atoms with van der Waals surface area (Å²) < 4.78 is 0.977. The van der Waals surface area contributed by atoms with E-state index in [-0.39, 0.29) is 11.9 Å². The number of hydrogen-bond donors (Lipinski definition) is 1. The highest BCUT2D eigenvalue weighted by Crippen LogP contribution is 2.26. The molecule has 19 heavy (non-hydrogen) atoms. The molecule has 2 rings (SSSR count). The van der Waals surface area contributed by atoms with Crippen LogP contribution in [0.2, 0.25) is 0 Å². The molecule has 3 amide bonds. The van der Waals surface area contributed by atoms with E-state index in [9.17, 15) is 9.59 Å². The second-order valence-electron chi connectivity index (χ2n) is 4.74. The van der Waals surface area contributed by atoms with Gasteiger partial charge < -0.3 is 5.32 Å². The van der Waals surface area contributed by atoms with Crippen molar-refractivity contribution >= 4 is 27.9 Å². The normalized spacial score (nSPS) is 17.7. The number of carbonyl (C=O) groups is 2. The minimum Gasteiger partial charge on any atom is -0.323 e. The van der Waals surface area contributed by atoms with Crippen molar-refractivity contribution in [3.05, 3.63) is 34.3 Å². The fourth-order valence-corrected chi connectivity index (χ4v) is 2.59. The number of carbonyl (C=O) groups excluding carboxylic acids is 2. The first kappa shape index (κ1) is 14.1. The Bertz CT molecular complexity index is 495. The fraction of sp³-hybridized carbons (Fsp3) is 0.429. The summed E-state index contributed by atoms with van der Waals surface area (Å²) >= 11 is 3.36. The molecule has 1 aliphatic heterocycles. The van der Waals surface area contributed by atoms with Crippen molar-refractivity contribution in [1.29, 1.82) is 0 Å². The van der Waals surface area contributed by atoms with E-state index in [4.69, 9.17) is 0 Å². The van der Waals surface area contributed by atoms with Crippen molar-refractivity contribution in [3.63, 3.8) is 0 Å². The number of nitrogens with zero attached hydrogens (tertiary/aromatic N) is 1. The third kappa shape index (κ3) is 2.52. The average molecular weight is 325 g/mol. The molecule has 0 aromatic heterocycles. The van der Waals surface area contributed by atoms with Crippen LogP contribution in [0.1, 0.15) is 32.3 Å². The van der Waals surface area contributed by atoms with Crippen LogP contribution in [-0.4, -0.2) is 22.4 Å². The van der Waals surface area contributed by atoms with Gasteiger partial charge in [-0.1, -0.05) is 41.9 Å². The predicted octanol–water partition coefficient (Wildman–Crippen LogP) is 3.06. The Labute approximate surface area is 121 Å². The minimum absolute atomic E-state index is 0.120. The maximum absolute atomic E-state index is 12.4. The first-order chi connectivity index (χ1) is 9.02. The van der Waals surface area contributed by atoms with Crippen molar-refractivity contribution < 1.29 is 9.59 Å². The summed E-state index contributed by atoms with van der Waals surface area (Å²) in [7, 11) is 0. The molecule has 1 aromatic carbocycles. The zero-order chi connectivity index (χ0) is 14.0. The highest BCUT2D eigenvalue weighted by molar-refractivity contribution is 9.10. The predicted molar refractivity (Wildman–Crippen MR) is 76.5 cm³/mol. The number of nitrogens with one attached hydrogen (secondary N) is 1. The molecule has 1 saturated heterocycles. The van der Waals surface area contributed by atoms with Gasteiger partial charge in [0.2, 0.25) is 0 Å². The van der Waals surface area contributed by atoms with Crippen LogP contribution in [-0.2, 0) is 11.3 Å². The Morgan fingerprint density at radius 3 is 2.21 bits per heavy atom. The minimum atomic E-state index is -0.716. The van der Waals surface area contributed by atoms with Gasteiger partial charge in [-0.2, -0.15) is 0 Å². The highest BCUT2D eigenvalue weighted by atomic mass is 79.9. The molecule has 1 fully saturated rings. The van der Waals surface area contributed by atoms with Gasteiger partial charge in [0.15, 0.2) is 0 Å². The summed E-state index contributed by atoms with van der Waals surface area (Å²) in [6, 6.07) is 7.32. The van der Waals surface area contributed by atoms with Crippen LogP contribution in [0.3, 0.4) is 0 Å². The number of amides is 3. The molecule has 0 spiro atoms. The molecule has 1 N–H and O–H groups in total. The maximum Gasteiger partial charge on any atom is 0.325 e. The molecule has 0 radical (unpaired) electrons.